The van der Waals surface area contributed by atoms with Crippen molar-refractivity contribution in [2.24, 2.45) is 0 Å². The SMILES string of the molecule is CCc1ncnc(-c2cc(F)c(C(=O)N3CCN(C(C)COC)CC3)c(F)c2)c1-c1ccc(N)nc1. The van der Waals surface area contributed by atoms with Crippen molar-refractivity contribution in [3.63, 3.8) is 0 Å². The number of hydrogen-bond donors (Lipinski definition) is 1. The molecule has 2 N–H and O–H groups in total. The third-order valence-electron chi connectivity index (χ3n) is 6.50. The molecule has 1 fully saturated rings. The fourth-order valence-corrected chi connectivity index (χ4v) is 4.55. The van der Waals surface area contributed by atoms with E-state index in [4.69, 9.17) is 10.5 Å². The van der Waals surface area contributed by atoms with Crippen LogP contribution in [0, 0.1) is 11.6 Å². The van der Waals surface area contributed by atoms with Crippen LogP contribution in [-0.4, -0.2) is 76.6 Å². The summed E-state index contributed by atoms with van der Waals surface area (Å²) in [6.45, 7) is 6.54. The van der Waals surface area contributed by atoms with Crippen molar-refractivity contribution in [1.29, 1.82) is 0 Å². The first-order valence-corrected chi connectivity index (χ1v) is 11.9. The number of rotatable bonds is 7. The Bertz CT molecular complexity index is 1210. The van der Waals surface area contributed by atoms with E-state index < -0.39 is 23.1 Å². The molecule has 0 saturated carbocycles. The summed E-state index contributed by atoms with van der Waals surface area (Å²) in [6.07, 6.45) is 3.52. The van der Waals surface area contributed by atoms with Crippen LogP contribution in [0.1, 0.15) is 29.9 Å². The van der Waals surface area contributed by atoms with E-state index in [1.165, 1.54) is 11.2 Å². The smallest absolute Gasteiger partial charge is 0.259 e. The first-order chi connectivity index (χ1) is 17.3. The Balaban J connectivity index is 1.64. The molecule has 0 spiro atoms. The van der Waals surface area contributed by atoms with E-state index in [1.807, 2.05) is 13.8 Å². The minimum absolute atomic E-state index is 0.200. The second kappa shape index (κ2) is 11.0. The van der Waals surface area contributed by atoms with Crippen LogP contribution in [0.15, 0.2) is 36.8 Å². The van der Waals surface area contributed by atoms with Crippen molar-refractivity contribution in [3.8, 4) is 22.4 Å². The molecule has 1 aromatic carbocycles. The van der Waals surface area contributed by atoms with Gasteiger partial charge in [0, 0.05) is 62.2 Å². The molecule has 1 aliphatic rings. The van der Waals surface area contributed by atoms with Gasteiger partial charge in [-0.25, -0.2) is 23.7 Å². The van der Waals surface area contributed by atoms with Crippen molar-refractivity contribution in [2.45, 2.75) is 26.3 Å². The number of nitrogen functional groups attached to an aromatic ring is 1. The van der Waals surface area contributed by atoms with E-state index in [9.17, 15) is 4.79 Å². The highest BCUT2D eigenvalue weighted by Crippen LogP contribution is 2.34. The van der Waals surface area contributed by atoms with Gasteiger partial charge in [0.1, 0.15) is 29.3 Å². The van der Waals surface area contributed by atoms with Crippen molar-refractivity contribution in [2.75, 3.05) is 45.6 Å². The summed E-state index contributed by atoms with van der Waals surface area (Å²) in [4.78, 5) is 29.5. The number of halogens is 2. The standard InChI is InChI=1S/C26H30F2N6O2/c1-4-21-23(17-5-6-22(29)30-13-17)25(32-15-31-21)18-11-19(27)24(20(28)12-18)26(35)34-9-7-33(8-10-34)16(2)14-36-3/h5-6,11-13,15-16H,4,7-10,14H2,1-3H3,(H2,29,30). The molecule has 3 aromatic rings. The zero-order chi connectivity index (χ0) is 25.8. The zero-order valence-electron chi connectivity index (χ0n) is 20.7. The summed E-state index contributed by atoms with van der Waals surface area (Å²) in [5.41, 5.74) is 7.73. The molecule has 4 rings (SSSR count). The number of ether oxygens (including phenoxy) is 1. The Labute approximate surface area is 209 Å². The molecule has 1 atom stereocenters. The number of aromatic nitrogens is 3. The molecular formula is C26H30F2N6O2. The predicted octanol–water partition coefficient (Wildman–Crippen LogP) is 3.42. The van der Waals surface area contributed by atoms with Crippen molar-refractivity contribution >= 4 is 11.7 Å². The maximum absolute atomic E-state index is 15.3. The molecule has 0 aliphatic carbocycles. The number of benzene rings is 1. The van der Waals surface area contributed by atoms with Gasteiger partial charge < -0.3 is 15.4 Å². The molecule has 2 aromatic heterocycles. The number of pyridine rings is 1. The Kier molecular flexibility index (Phi) is 7.85. The topological polar surface area (TPSA) is 97.5 Å². The Morgan fingerprint density at radius 1 is 1.08 bits per heavy atom. The monoisotopic (exact) mass is 496 g/mol. The van der Waals surface area contributed by atoms with Gasteiger partial charge in [-0.2, -0.15) is 0 Å². The molecule has 1 unspecified atom stereocenters. The van der Waals surface area contributed by atoms with Crippen molar-refractivity contribution in [1.82, 2.24) is 24.8 Å². The van der Waals surface area contributed by atoms with Gasteiger partial charge in [-0.3, -0.25) is 9.69 Å². The molecular weight excluding hydrogens is 466 g/mol. The van der Waals surface area contributed by atoms with E-state index in [0.29, 0.717) is 67.5 Å². The van der Waals surface area contributed by atoms with Crippen molar-refractivity contribution in [3.05, 3.63) is 59.7 Å². The zero-order valence-corrected chi connectivity index (χ0v) is 20.7. The largest absolute Gasteiger partial charge is 0.384 e. The van der Waals surface area contributed by atoms with Crippen LogP contribution in [0.25, 0.3) is 22.4 Å². The second-order valence-electron chi connectivity index (χ2n) is 8.82. The van der Waals surface area contributed by atoms with Gasteiger partial charge in [0.2, 0.25) is 0 Å². The number of hydrogen-bond acceptors (Lipinski definition) is 7. The molecule has 36 heavy (non-hydrogen) atoms. The summed E-state index contributed by atoms with van der Waals surface area (Å²) < 4.78 is 35.8. The number of carbonyl (C=O) groups is 1. The number of methoxy groups -OCH3 is 1. The minimum atomic E-state index is -0.928. The van der Waals surface area contributed by atoms with E-state index in [2.05, 4.69) is 19.9 Å². The lowest BCUT2D eigenvalue weighted by Gasteiger charge is -2.37. The maximum Gasteiger partial charge on any atom is 0.259 e. The molecule has 1 aliphatic heterocycles. The fraction of sp³-hybridized carbons (Fsp3) is 0.385. The van der Waals surface area contributed by atoms with Gasteiger partial charge in [-0.05, 0) is 37.6 Å². The fourth-order valence-electron chi connectivity index (χ4n) is 4.55. The van der Waals surface area contributed by atoms with E-state index in [1.54, 1.807) is 25.4 Å². The molecule has 0 bridgehead atoms. The lowest BCUT2D eigenvalue weighted by Crippen LogP contribution is -2.52. The molecule has 1 amide bonds. The predicted molar refractivity (Wildman–Crippen MR) is 133 cm³/mol. The number of nitrogens with zero attached hydrogens (tertiary/aromatic N) is 5. The van der Waals surface area contributed by atoms with Crippen LogP contribution < -0.4 is 5.73 Å². The number of nitrogens with two attached hydrogens (primary N) is 1. The van der Waals surface area contributed by atoms with Crippen LogP contribution in [0.2, 0.25) is 0 Å². The minimum Gasteiger partial charge on any atom is -0.384 e. The van der Waals surface area contributed by atoms with Crippen LogP contribution in [0.5, 0.6) is 0 Å². The summed E-state index contributed by atoms with van der Waals surface area (Å²) in [5, 5.41) is 0. The lowest BCUT2D eigenvalue weighted by atomic mass is 9.96. The lowest BCUT2D eigenvalue weighted by molar-refractivity contribution is 0.0442. The van der Waals surface area contributed by atoms with Crippen LogP contribution >= 0.6 is 0 Å². The molecule has 1 saturated heterocycles. The van der Waals surface area contributed by atoms with Crippen molar-refractivity contribution < 1.29 is 18.3 Å². The van der Waals surface area contributed by atoms with E-state index >= 15 is 8.78 Å². The van der Waals surface area contributed by atoms with Gasteiger partial charge in [-0.1, -0.05) is 6.92 Å². The molecule has 10 heteroatoms. The first kappa shape index (κ1) is 25.6. The third kappa shape index (κ3) is 5.19. The molecule has 190 valence electrons. The normalized spacial score (nSPS) is 15.2. The number of piperazine rings is 1. The molecule has 8 nitrogen and oxygen atoms in total. The average molecular weight is 497 g/mol. The van der Waals surface area contributed by atoms with Gasteiger partial charge in [0.05, 0.1) is 18.0 Å². The van der Waals surface area contributed by atoms with E-state index in [0.717, 1.165) is 12.1 Å². The number of aryl methyl sites for hydroxylation is 1. The van der Waals surface area contributed by atoms with Gasteiger partial charge in [0.15, 0.2) is 0 Å². The highest BCUT2D eigenvalue weighted by molar-refractivity contribution is 5.96. The summed E-state index contributed by atoms with van der Waals surface area (Å²) in [5.74, 6) is -2.16. The quantitative estimate of drug-likeness (QED) is 0.535. The first-order valence-electron chi connectivity index (χ1n) is 11.9. The Morgan fingerprint density at radius 2 is 1.78 bits per heavy atom. The van der Waals surface area contributed by atoms with Gasteiger partial charge >= 0.3 is 0 Å². The van der Waals surface area contributed by atoms with Crippen LogP contribution in [0.3, 0.4) is 0 Å². The summed E-state index contributed by atoms with van der Waals surface area (Å²) in [6, 6.07) is 5.92. The number of anilines is 1. The number of carbonyl (C=O) groups excluding carboxylic acids is 1. The highest BCUT2D eigenvalue weighted by atomic mass is 19.1. The summed E-state index contributed by atoms with van der Waals surface area (Å²) in [7, 11) is 1.64. The molecule has 0 radical (unpaired) electrons. The molecule has 3 heterocycles. The number of amides is 1. The van der Waals surface area contributed by atoms with E-state index in [-0.39, 0.29) is 11.6 Å². The third-order valence-corrected chi connectivity index (χ3v) is 6.50. The van der Waals surface area contributed by atoms with Crippen LogP contribution in [-0.2, 0) is 11.2 Å². The van der Waals surface area contributed by atoms with Crippen LogP contribution in [0.4, 0.5) is 14.6 Å². The van der Waals surface area contributed by atoms with Gasteiger partial charge in [-0.15, -0.1) is 0 Å². The summed E-state index contributed by atoms with van der Waals surface area (Å²) >= 11 is 0. The maximum atomic E-state index is 15.3. The Morgan fingerprint density at radius 3 is 2.36 bits per heavy atom. The second-order valence-corrected chi connectivity index (χ2v) is 8.82. The van der Waals surface area contributed by atoms with Gasteiger partial charge in [0.25, 0.3) is 5.91 Å². The average Bonchev–Trinajstić information content (AvgIpc) is 2.88. The highest BCUT2D eigenvalue weighted by Gasteiger charge is 2.29. The Hall–Kier alpha value is -3.50.